The van der Waals surface area contributed by atoms with Crippen molar-refractivity contribution in [3.05, 3.63) is 48.0 Å². The summed E-state index contributed by atoms with van der Waals surface area (Å²) in [6, 6.07) is 13.3. The van der Waals surface area contributed by atoms with Crippen LogP contribution in [0.1, 0.15) is 19.4 Å². The van der Waals surface area contributed by atoms with E-state index in [-0.39, 0.29) is 5.91 Å². The van der Waals surface area contributed by atoms with Crippen molar-refractivity contribution in [2.45, 2.75) is 26.9 Å². The molecule has 3 rings (SSSR count). The third-order valence-corrected chi connectivity index (χ3v) is 4.54. The Morgan fingerprint density at radius 2 is 1.92 bits per heavy atom. The molecule has 6 heteroatoms. The van der Waals surface area contributed by atoms with Crippen molar-refractivity contribution >= 4 is 32.6 Å². The second-order valence-corrected chi connectivity index (χ2v) is 6.67. The first-order valence-electron chi connectivity index (χ1n) is 8.12. The minimum atomic E-state index is -0.617. The van der Waals surface area contributed by atoms with Gasteiger partial charge in [0.1, 0.15) is 11.5 Å². The highest BCUT2D eigenvalue weighted by Gasteiger charge is 2.17. The molecule has 0 saturated carbocycles. The molecule has 0 aliphatic heterocycles. The normalized spacial score (nSPS) is 12.0. The van der Waals surface area contributed by atoms with Gasteiger partial charge in [0.25, 0.3) is 5.91 Å². The number of amides is 1. The van der Waals surface area contributed by atoms with Crippen molar-refractivity contribution in [2.75, 3.05) is 11.9 Å². The fraction of sp³-hybridized carbons (Fsp3) is 0.263. The summed E-state index contributed by atoms with van der Waals surface area (Å²) in [5.74, 6) is 1.23. The molecule has 1 atom stereocenters. The maximum Gasteiger partial charge on any atom is 0.266 e. The molecule has 0 aliphatic rings. The first-order valence-corrected chi connectivity index (χ1v) is 8.94. The zero-order chi connectivity index (χ0) is 17.8. The Morgan fingerprint density at radius 1 is 1.20 bits per heavy atom. The lowest BCUT2D eigenvalue weighted by molar-refractivity contribution is -0.122. The third kappa shape index (κ3) is 4.28. The topological polar surface area (TPSA) is 60.5 Å². The summed E-state index contributed by atoms with van der Waals surface area (Å²) in [7, 11) is 0. The lowest BCUT2D eigenvalue weighted by atomic mass is 10.2. The smallest absolute Gasteiger partial charge is 0.266 e. The molecule has 1 N–H and O–H groups in total. The maximum atomic E-state index is 12.3. The van der Waals surface area contributed by atoms with Crippen molar-refractivity contribution in [3.8, 4) is 11.5 Å². The van der Waals surface area contributed by atoms with Gasteiger partial charge in [0.15, 0.2) is 11.2 Å². The average Bonchev–Trinajstić information content (AvgIpc) is 2.98. The lowest BCUT2D eigenvalue weighted by Gasteiger charge is -2.13. The number of rotatable bonds is 6. The van der Waals surface area contributed by atoms with E-state index in [1.165, 1.54) is 11.3 Å². The first-order chi connectivity index (χ1) is 12.0. The van der Waals surface area contributed by atoms with Gasteiger partial charge in [0.2, 0.25) is 0 Å². The van der Waals surface area contributed by atoms with Crippen LogP contribution in [0.5, 0.6) is 11.5 Å². The summed E-state index contributed by atoms with van der Waals surface area (Å²) in [4.78, 5) is 16.8. The van der Waals surface area contributed by atoms with E-state index in [0.717, 1.165) is 21.5 Å². The highest BCUT2D eigenvalue weighted by molar-refractivity contribution is 7.22. The number of hydrogen-bond acceptors (Lipinski definition) is 5. The van der Waals surface area contributed by atoms with E-state index in [0.29, 0.717) is 17.5 Å². The molecule has 0 fully saturated rings. The Bertz CT molecular complexity index is 874. The van der Waals surface area contributed by atoms with Crippen LogP contribution in [0.2, 0.25) is 0 Å². The second-order valence-electron chi connectivity index (χ2n) is 5.64. The third-order valence-electron chi connectivity index (χ3n) is 3.60. The molecule has 1 amide bonds. The van der Waals surface area contributed by atoms with Crippen LogP contribution in [-0.2, 0) is 4.79 Å². The molecule has 1 aromatic heterocycles. The number of ether oxygens (including phenoxy) is 2. The number of aryl methyl sites for hydroxylation is 1. The van der Waals surface area contributed by atoms with Crippen LogP contribution in [0.4, 0.5) is 5.13 Å². The Hall–Kier alpha value is -2.60. The Balaban J connectivity index is 1.67. The van der Waals surface area contributed by atoms with Crippen LogP contribution in [0.15, 0.2) is 42.5 Å². The fourth-order valence-corrected chi connectivity index (χ4v) is 3.19. The number of aromatic nitrogens is 1. The van der Waals surface area contributed by atoms with Crippen LogP contribution >= 0.6 is 11.3 Å². The van der Waals surface area contributed by atoms with Crippen LogP contribution in [0, 0.1) is 6.92 Å². The van der Waals surface area contributed by atoms with E-state index in [1.807, 2.05) is 56.3 Å². The van der Waals surface area contributed by atoms with Gasteiger partial charge in [-0.3, -0.25) is 10.1 Å². The molecule has 0 spiro atoms. The molecule has 0 aliphatic carbocycles. The molecule has 1 unspecified atom stereocenters. The van der Waals surface area contributed by atoms with E-state index in [2.05, 4.69) is 10.3 Å². The summed E-state index contributed by atoms with van der Waals surface area (Å²) in [5.41, 5.74) is 1.97. The van der Waals surface area contributed by atoms with Crippen LogP contribution in [0.3, 0.4) is 0 Å². The van der Waals surface area contributed by atoms with Gasteiger partial charge in [-0.15, -0.1) is 0 Å². The molecular weight excluding hydrogens is 336 g/mol. The van der Waals surface area contributed by atoms with Gasteiger partial charge in [-0.25, -0.2) is 4.98 Å². The number of nitrogens with one attached hydrogen (secondary N) is 1. The second kappa shape index (κ2) is 7.53. The largest absolute Gasteiger partial charge is 0.494 e. The first kappa shape index (κ1) is 17.2. The van der Waals surface area contributed by atoms with Crippen molar-refractivity contribution in [2.24, 2.45) is 0 Å². The van der Waals surface area contributed by atoms with Crippen molar-refractivity contribution in [1.29, 1.82) is 0 Å². The summed E-state index contributed by atoms with van der Waals surface area (Å²) in [5, 5.41) is 3.37. The minimum absolute atomic E-state index is 0.232. The Morgan fingerprint density at radius 3 is 2.64 bits per heavy atom. The van der Waals surface area contributed by atoms with Gasteiger partial charge in [-0.1, -0.05) is 29.0 Å². The fourth-order valence-electron chi connectivity index (χ4n) is 2.30. The molecule has 0 saturated heterocycles. The average molecular weight is 356 g/mol. The quantitative estimate of drug-likeness (QED) is 0.711. The summed E-state index contributed by atoms with van der Waals surface area (Å²) >= 11 is 1.41. The minimum Gasteiger partial charge on any atom is -0.494 e. The van der Waals surface area contributed by atoms with E-state index in [9.17, 15) is 4.79 Å². The van der Waals surface area contributed by atoms with Gasteiger partial charge in [0.05, 0.1) is 16.8 Å². The van der Waals surface area contributed by atoms with Gasteiger partial charge < -0.3 is 9.47 Å². The van der Waals surface area contributed by atoms with E-state index >= 15 is 0 Å². The number of thiazole rings is 1. The maximum absolute atomic E-state index is 12.3. The standard InChI is InChI=1S/C19H20N2O3S/c1-4-23-15-9-10-16-17(11-15)25-19(20-16)21-18(22)13(3)24-14-7-5-12(2)6-8-14/h5-11,13H,4H2,1-3H3,(H,20,21,22). The highest BCUT2D eigenvalue weighted by atomic mass is 32.1. The molecule has 0 radical (unpaired) electrons. The monoisotopic (exact) mass is 356 g/mol. The number of carbonyl (C=O) groups is 1. The number of hydrogen-bond donors (Lipinski definition) is 1. The van der Waals surface area contributed by atoms with Crippen molar-refractivity contribution in [1.82, 2.24) is 4.98 Å². The number of carbonyl (C=O) groups excluding carboxylic acids is 1. The molecular formula is C19H20N2O3S. The number of benzene rings is 2. The van der Waals surface area contributed by atoms with Crippen LogP contribution in [0.25, 0.3) is 10.2 Å². The lowest BCUT2D eigenvalue weighted by Crippen LogP contribution is -2.30. The number of fused-ring (bicyclic) bond motifs is 1. The molecule has 25 heavy (non-hydrogen) atoms. The highest BCUT2D eigenvalue weighted by Crippen LogP contribution is 2.29. The predicted octanol–water partition coefficient (Wildman–Crippen LogP) is 4.41. The summed E-state index contributed by atoms with van der Waals surface area (Å²) < 4.78 is 12.1. The zero-order valence-corrected chi connectivity index (χ0v) is 15.2. The van der Waals surface area contributed by atoms with Gasteiger partial charge in [0, 0.05) is 0 Å². The summed E-state index contributed by atoms with van der Waals surface area (Å²) in [6.45, 7) is 6.28. The van der Waals surface area contributed by atoms with Gasteiger partial charge in [-0.05, 0) is 51.1 Å². The van der Waals surface area contributed by atoms with E-state index in [4.69, 9.17) is 9.47 Å². The SMILES string of the molecule is CCOc1ccc2nc(NC(=O)C(C)Oc3ccc(C)cc3)sc2c1. The molecule has 2 aromatic carbocycles. The molecule has 130 valence electrons. The Kier molecular flexibility index (Phi) is 5.19. The molecule has 5 nitrogen and oxygen atoms in total. The van der Waals surface area contributed by atoms with E-state index < -0.39 is 6.10 Å². The van der Waals surface area contributed by atoms with Crippen LogP contribution < -0.4 is 14.8 Å². The number of nitrogens with zero attached hydrogens (tertiary/aromatic N) is 1. The van der Waals surface area contributed by atoms with Crippen molar-refractivity contribution < 1.29 is 14.3 Å². The summed E-state index contributed by atoms with van der Waals surface area (Å²) in [6.07, 6.45) is -0.617. The molecule has 0 bridgehead atoms. The predicted molar refractivity (Wildman–Crippen MR) is 101 cm³/mol. The molecule has 3 aromatic rings. The molecule has 1 heterocycles. The number of anilines is 1. The Labute approximate surface area is 150 Å². The van der Waals surface area contributed by atoms with Gasteiger partial charge in [-0.2, -0.15) is 0 Å². The van der Waals surface area contributed by atoms with Crippen LogP contribution in [-0.4, -0.2) is 23.6 Å². The van der Waals surface area contributed by atoms with E-state index in [1.54, 1.807) is 6.92 Å². The van der Waals surface area contributed by atoms with Crippen molar-refractivity contribution in [3.63, 3.8) is 0 Å². The van der Waals surface area contributed by atoms with Gasteiger partial charge >= 0.3 is 0 Å². The zero-order valence-electron chi connectivity index (χ0n) is 14.4.